The van der Waals surface area contributed by atoms with Crippen LogP contribution >= 0.6 is 12.4 Å². The fraction of sp³-hybridized carbons (Fsp3) is 0.533. The van der Waals surface area contributed by atoms with E-state index in [1.54, 1.807) is 0 Å². The van der Waals surface area contributed by atoms with Crippen LogP contribution in [0.25, 0.3) is 0 Å². The molecule has 0 aliphatic carbocycles. The molecule has 0 saturated carbocycles. The molecule has 1 aromatic carbocycles. The number of hydrogen-bond donors (Lipinski definition) is 2. The van der Waals surface area contributed by atoms with E-state index in [4.69, 9.17) is 5.73 Å². The van der Waals surface area contributed by atoms with Gasteiger partial charge in [-0.1, -0.05) is 0 Å². The van der Waals surface area contributed by atoms with Gasteiger partial charge in [-0.15, -0.1) is 12.4 Å². The molecule has 0 aromatic heterocycles. The zero-order valence-electron chi connectivity index (χ0n) is 13.3. The molecule has 3 N–H and O–H groups in total. The van der Waals surface area contributed by atoms with Gasteiger partial charge in [-0.05, 0) is 37.2 Å². The largest absolute Gasteiger partial charge is 0.366 e. The van der Waals surface area contributed by atoms with Crippen LogP contribution in [0.2, 0.25) is 0 Å². The van der Waals surface area contributed by atoms with Gasteiger partial charge in [-0.25, -0.2) is 8.42 Å². The molecule has 7 nitrogen and oxygen atoms in total. The summed E-state index contributed by atoms with van der Waals surface area (Å²) in [5, 5.41) is 3.34. The summed E-state index contributed by atoms with van der Waals surface area (Å²) in [6.07, 6.45) is 1.13. The molecule has 1 aromatic rings. The van der Waals surface area contributed by atoms with Gasteiger partial charge in [0, 0.05) is 44.3 Å². The number of nitrogens with two attached hydrogens (primary N) is 1. The van der Waals surface area contributed by atoms with Crippen molar-refractivity contribution in [1.29, 1.82) is 0 Å². The van der Waals surface area contributed by atoms with Crippen LogP contribution in [0, 0.1) is 0 Å². The van der Waals surface area contributed by atoms with E-state index >= 15 is 0 Å². The highest BCUT2D eigenvalue weighted by Crippen LogP contribution is 2.20. The molecule has 2 fully saturated rings. The fourth-order valence-corrected chi connectivity index (χ4v) is 4.62. The summed E-state index contributed by atoms with van der Waals surface area (Å²) in [6.45, 7) is 4.53. The molecule has 3 rings (SSSR count). The summed E-state index contributed by atoms with van der Waals surface area (Å²) in [5.74, 6) is -0.562. The molecule has 2 saturated heterocycles. The van der Waals surface area contributed by atoms with E-state index in [2.05, 4.69) is 10.2 Å². The van der Waals surface area contributed by atoms with Gasteiger partial charge in [-0.3, -0.25) is 9.69 Å². The van der Waals surface area contributed by atoms with E-state index in [0.717, 1.165) is 32.6 Å². The topological polar surface area (TPSA) is 95.7 Å². The van der Waals surface area contributed by atoms with Crippen molar-refractivity contribution < 1.29 is 13.2 Å². The smallest absolute Gasteiger partial charge is 0.248 e. The molecular weight excluding hydrogens is 352 g/mol. The lowest BCUT2D eigenvalue weighted by molar-refractivity contribution is 0.1000. The standard InChI is InChI=1S/C15H22N4O3S.ClH/c16-15(20)12-1-3-14(4-2-12)23(21,22)19-9-7-18(8-10-19)13-5-6-17-11-13;/h1-4,13,17H,5-11H2,(H2,16,20);1H. The van der Waals surface area contributed by atoms with E-state index in [1.165, 1.54) is 28.6 Å². The third kappa shape index (κ3) is 3.89. The Kier molecular flexibility index (Phi) is 6.22. The number of halogens is 1. The molecule has 134 valence electrons. The van der Waals surface area contributed by atoms with Gasteiger partial charge in [0.05, 0.1) is 4.90 Å². The summed E-state index contributed by atoms with van der Waals surface area (Å²) in [4.78, 5) is 13.6. The number of primary amides is 1. The van der Waals surface area contributed by atoms with Crippen LogP contribution in [0.1, 0.15) is 16.8 Å². The number of amides is 1. The van der Waals surface area contributed by atoms with Crippen LogP contribution in [-0.2, 0) is 10.0 Å². The number of benzene rings is 1. The van der Waals surface area contributed by atoms with Gasteiger partial charge in [-0.2, -0.15) is 4.31 Å². The molecule has 0 spiro atoms. The minimum absolute atomic E-state index is 0. The third-order valence-corrected chi connectivity index (χ3v) is 6.51. The SMILES string of the molecule is Cl.NC(=O)c1ccc(S(=O)(=O)N2CCN(C3CCNC3)CC2)cc1. The Morgan fingerprint density at radius 3 is 2.25 bits per heavy atom. The van der Waals surface area contributed by atoms with Gasteiger partial charge in [0.1, 0.15) is 0 Å². The monoisotopic (exact) mass is 374 g/mol. The molecule has 0 radical (unpaired) electrons. The second-order valence-corrected chi connectivity index (χ2v) is 7.91. The number of nitrogens with one attached hydrogen (secondary N) is 1. The number of nitrogens with zero attached hydrogens (tertiary/aromatic N) is 2. The highest BCUT2D eigenvalue weighted by atomic mass is 35.5. The quantitative estimate of drug-likeness (QED) is 0.765. The summed E-state index contributed by atoms with van der Waals surface area (Å²) >= 11 is 0. The van der Waals surface area contributed by atoms with Crippen LogP contribution in [0.5, 0.6) is 0 Å². The van der Waals surface area contributed by atoms with Crippen LogP contribution in [0.15, 0.2) is 29.2 Å². The lowest BCUT2D eigenvalue weighted by atomic mass is 10.2. The Balaban J connectivity index is 0.00000208. The third-order valence-electron chi connectivity index (χ3n) is 4.60. The van der Waals surface area contributed by atoms with E-state index < -0.39 is 15.9 Å². The minimum Gasteiger partial charge on any atom is -0.366 e. The number of rotatable bonds is 4. The van der Waals surface area contributed by atoms with Crippen LogP contribution in [-0.4, -0.2) is 68.8 Å². The van der Waals surface area contributed by atoms with E-state index in [1.807, 2.05) is 0 Å². The molecule has 1 unspecified atom stereocenters. The van der Waals surface area contributed by atoms with Gasteiger partial charge < -0.3 is 11.1 Å². The normalized spacial score (nSPS) is 22.9. The second-order valence-electron chi connectivity index (χ2n) is 5.98. The molecule has 24 heavy (non-hydrogen) atoms. The first kappa shape index (κ1) is 19.1. The molecule has 9 heteroatoms. The van der Waals surface area contributed by atoms with E-state index in [-0.39, 0.29) is 17.3 Å². The number of carbonyl (C=O) groups is 1. The summed E-state index contributed by atoms with van der Waals surface area (Å²) in [6, 6.07) is 6.33. The number of sulfonamides is 1. The predicted octanol–water partition coefficient (Wildman–Crippen LogP) is -0.124. The predicted molar refractivity (Wildman–Crippen MR) is 93.8 cm³/mol. The van der Waals surface area contributed by atoms with Crippen LogP contribution in [0.4, 0.5) is 0 Å². The first-order valence-electron chi connectivity index (χ1n) is 7.83. The molecule has 1 atom stereocenters. The average molecular weight is 375 g/mol. The second kappa shape index (κ2) is 7.79. The molecule has 2 aliphatic heterocycles. The van der Waals surface area contributed by atoms with Crippen molar-refractivity contribution in [3.8, 4) is 0 Å². The Morgan fingerprint density at radius 1 is 1.12 bits per heavy atom. The van der Waals surface area contributed by atoms with Crippen LogP contribution in [0.3, 0.4) is 0 Å². The van der Waals surface area contributed by atoms with Gasteiger partial charge in [0.25, 0.3) is 0 Å². The maximum Gasteiger partial charge on any atom is 0.248 e. The zero-order valence-corrected chi connectivity index (χ0v) is 15.0. The summed E-state index contributed by atoms with van der Waals surface area (Å²) in [7, 11) is -3.51. The highest BCUT2D eigenvalue weighted by molar-refractivity contribution is 7.89. The van der Waals surface area contributed by atoms with E-state index in [9.17, 15) is 13.2 Å². The molecule has 0 bridgehead atoms. The summed E-state index contributed by atoms with van der Waals surface area (Å²) < 4.78 is 26.9. The lowest BCUT2D eigenvalue weighted by Crippen LogP contribution is -2.52. The maximum atomic E-state index is 12.7. The first-order chi connectivity index (χ1) is 11.0. The Bertz CT molecular complexity index is 666. The van der Waals surface area contributed by atoms with E-state index in [0.29, 0.717) is 24.7 Å². The fourth-order valence-electron chi connectivity index (χ4n) is 3.20. The van der Waals surface area contributed by atoms with Crippen molar-refractivity contribution in [1.82, 2.24) is 14.5 Å². The van der Waals surface area contributed by atoms with Crippen molar-refractivity contribution in [3.05, 3.63) is 29.8 Å². The Labute approximate surface area is 148 Å². The number of piperazine rings is 1. The minimum atomic E-state index is -3.51. The molecular formula is C15H23ClN4O3S. The van der Waals surface area contributed by atoms with Crippen molar-refractivity contribution in [2.75, 3.05) is 39.3 Å². The number of hydrogen-bond acceptors (Lipinski definition) is 5. The van der Waals surface area contributed by atoms with Crippen molar-refractivity contribution >= 4 is 28.3 Å². The maximum absolute atomic E-state index is 12.7. The van der Waals surface area contributed by atoms with Crippen LogP contribution < -0.4 is 11.1 Å². The molecule has 1 amide bonds. The lowest BCUT2D eigenvalue weighted by Gasteiger charge is -2.37. The van der Waals surface area contributed by atoms with Crippen molar-refractivity contribution in [2.45, 2.75) is 17.4 Å². The average Bonchev–Trinajstić information content (AvgIpc) is 3.09. The first-order valence-corrected chi connectivity index (χ1v) is 9.27. The molecule has 2 aliphatic rings. The van der Waals surface area contributed by atoms with Gasteiger partial charge >= 0.3 is 0 Å². The Morgan fingerprint density at radius 2 is 1.75 bits per heavy atom. The zero-order chi connectivity index (χ0) is 16.4. The summed E-state index contributed by atoms with van der Waals surface area (Å²) in [5.41, 5.74) is 5.49. The highest BCUT2D eigenvalue weighted by Gasteiger charge is 2.31. The Hall–Kier alpha value is -1.19. The van der Waals surface area contributed by atoms with Crippen molar-refractivity contribution in [2.24, 2.45) is 5.73 Å². The molecule has 2 heterocycles. The van der Waals surface area contributed by atoms with Crippen molar-refractivity contribution in [3.63, 3.8) is 0 Å². The number of carbonyl (C=O) groups excluding carboxylic acids is 1. The van der Waals surface area contributed by atoms with Gasteiger partial charge in [0.2, 0.25) is 15.9 Å². The van der Waals surface area contributed by atoms with Gasteiger partial charge in [0.15, 0.2) is 0 Å².